The lowest BCUT2D eigenvalue weighted by molar-refractivity contribution is 0.0987. The van der Waals surface area contributed by atoms with Crippen LogP contribution >= 0.6 is 35.0 Å². The topological polar surface area (TPSA) is 17.1 Å². The van der Waals surface area contributed by atoms with Gasteiger partial charge in [-0.2, -0.15) is 0 Å². The van der Waals surface area contributed by atoms with Crippen molar-refractivity contribution in [1.82, 2.24) is 0 Å². The molecule has 2 rings (SSSR count). The van der Waals surface area contributed by atoms with Crippen LogP contribution in [0.3, 0.4) is 0 Å². The van der Waals surface area contributed by atoms with Gasteiger partial charge in [0.25, 0.3) is 0 Å². The molecule has 19 heavy (non-hydrogen) atoms. The van der Waals surface area contributed by atoms with Gasteiger partial charge in [-0.05, 0) is 48.2 Å². The second-order valence-corrected chi connectivity index (χ2v) is 5.76. The van der Waals surface area contributed by atoms with Gasteiger partial charge in [0.05, 0.1) is 0 Å². The van der Waals surface area contributed by atoms with Crippen molar-refractivity contribution in [1.29, 1.82) is 0 Å². The highest BCUT2D eigenvalue weighted by Gasteiger charge is 2.19. The van der Waals surface area contributed by atoms with Crippen LogP contribution in [0.15, 0.2) is 53.4 Å². The van der Waals surface area contributed by atoms with E-state index < -0.39 is 5.38 Å². The number of hydrogen-bond donors (Lipinski definition) is 0. The predicted octanol–water partition coefficient (Wildman–Crippen LogP) is 5.22. The quantitative estimate of drug-likeness (QED) is 0.437. The lowest BCUT2D eigenvalue weighted by Gasteiger charge is -2.09. The van der Waals surface area contributed by atoms with E-state index in [2.05, 4.69) is 0 Å². The van der Waals surface area contributed by atoms with E-state index in [1.807, 2.05) is 30.5 Å². The third-order valence-electron chi connectivity index (χ3n) is 2.77. The van der Waals surface area contributed by atoms with E-state index in [1.165, 1.54) is 0 Å². The van der Waals surface area contributed by atoms with Gasteiger partial charge in [0.15, 0.2) is 5.78 Å². The van der Waals surface area contributed by atoms with Crippen molar-refractivity contribution in [3.05, 3.63) is 64.7 Å². The molecule has 98 valence electrons. The molecule has 0 bridgehead atoms. The Morgan fingerprint density at radius 3 is 2.16 bits per heavy atom. The Morgan fingerprint density at radius 1 is 1.05 bits per heavy atom. The van der Waals surface area contributed by atoms with Crippen LogP contribution in [0.5, 0.6) is 0 Å². The lowest BCUT2D eigenvalue weighted by Crippen LogP contribution is -2.07. The van der Waals surface area contributed by atoms with E-state index in [0.29, 0.717) is 10.6 Å². The van der Waals surface area contributed by atoms with Crippen LogP contribution in [0.4, 0.5) is 0 Å². The first-order valence-electron chi connectivity index (χ1n) is 5.69. The van der Waals surface area contributed by atoms with Gasteiger partial charge in [0.1, 0.15) is 5.38 Å². The number of carbonyl (C=O) groups is 1. The molecule has 0 fully saturated rings. The molecule has 0 aliphatic carbocycles. The van der Waals surface area contributed by atoms with Crippen LogP contribution in [-0.2, 0) is 0 Å². The molecule has 1 nitrogen and oxygen atoms in total. The zero-order chi connectivity index (χ0) is 13.8. The van der Waals surface area contributed by atoms with Gasteiger partial charge >= 0.3 is 0 Å². The molecule has 0 radical (unpaired) electrons. The molecule has 0 heterocycles. The van der Waals surface area contributed by atoms with Crippen molar-refractivity contribution in [3.8, 4) is 0 Å². The Labute approximate surface area is 126 Å². The first-order chi connectivity index (χ1) is 9.11. The summed E-state index contributed by atoms with van der Waals surface area (Å²) in [7, 11) is 0. The third kappa shape index (κ3) is 3.53. The summed E-state index contributed by atoms with van der Waals surface area (Å²) in [6.45, 7) is 0. The first-order valence-corrected chi connectivity index (χ1v) is 7.73. The number of halogens is 2. The highest BCUT2D eigenvalue weighted by molar-refractivity contribution is 7.98. The Bertz CT molecular complexity index is 564. The van der Waals surface area contributed by atoms with Crippen LogP contribution in [0, 0.1) is 0 Å². The molecule has 0 saturated carbocycles. The number of thioether (sulfide) groups is 1. The highest BCUT2D eigenvalue weighted by atomic mass is 35.5. The molecule has 4 heteroatoms. The van der Waals surface area contributed by atoms with Gasteiger partial charge in [0.2, 0.25) is 0 Å². The van der Waals surface area contributed by atoms with E-state index in [4.69, 9.17) is 23.2 Å². The Morgan fingerprint density at radius 2 is 1.63 bits per heavy atom. The number of hydrogen-bond acceptors (Lipinski definition) is 2. The van der Waals surface area contributed by atoms with Crippen molar-refractivity contribution >= 4 is 40.7 Å². The zero-order valence-corrected chi connectivity index (χ0v) is 12.6. The maximum absolute atomic E-state index is 12.2. The van der Waals surface area contributed by atoms with Crippen molar-refractivity contribution < 1.29 is 4.79 Å². The van der Waals surface area contributed by atoms with E-state index >= 15 is 0 Å². The number of rotatable bonds is 4. The number of alkyl halides is 1. The normalized spacial score (nSPS) is 12.2. The standard InChI is InChI=1S/C15H12Cl2OS/c1-19-13-8-4-10(5-9-13)14(17)15(18)11-2-6-12(16)7-3-11/h2-9,14H,1H3. The Hall–Kier alpha value is -0.960. The average Bonchev–Trinajstić information content (AvgIpc) is 2.46. The van der Waals surface area contributed by atoms with Gasteiger partial charge in [-0.25, -0.2) is 0 Å². The van der Waals surface area contributed by atoms with Crippen molar-refractivity contribution in [2.45, 2.75) is 10.3 Å². The molecule has 0 spiro atoms. The predicted molar refractivity (Wildman–Crippen MR) is 82.6 cm³/mol. The first kappa shape index (κ1) is 14.4. The molecule has 2 aromatic carbocycles. The van der Waals surface area contributed by atoms with Crippen LogP contribution in [0.2, 0.25) is 5.02 Å². The van der Waals surface area contributed by atoms with Crippen molar-refractivity contribution in [2.75, 3.05) is 6.26 Å². The van der Waals surface area contributed by atoms with E-state index in [-0.39, 0.29) is 5.78 Å². The minimum Gasteiger partial charge on any atom is -0.292 e. The average molecular weight is 311 g/mol. The Balaban J connectivity index is 2.20. The van der Waals surface area contributed by atoms with Crippen molar-refractivity contribution in [2.24, 2.45) is 0 Å². The molecule has 0 aliphatic rings. The van der Waals surface area contributed by atoms with Gasteiger partial charge < -0.3 is 0 Å². The maximum atomic E-state index is 12.2. The number of ketones is 1. The molecular formula is C15H12Cl2OS. The fraction of sp³-hybridized carbons (Fsp3) is 0.133. The number of benzene rings is 2. The minimum absolute atomic E-state index is 0.116. The summed E-state index contributed by atoms with van der Waals surface area (Å²) in [4.78, 5) is 13.4. The lowest BCUT2D eigenvalue weighted by atomic mass is 10.0. The summed E-state index contributed by atoms with van der Waals surface area (Å²) >= 11 is 13.7. The molecule has 0 N–H and O–H groups in total. The largest absolute Gasteiger partial charge is 0.292 e. The van der Waals surface area contributed by atoms with Crippen LogP contribution in [-0.4, -0.2) is 12.0 Å². The Kier molecular flexibility index (Phi) is 4.92. The minimum atomic E-state index is -0.669. The van der Waals surface area contributed by atoms with Gasteiger partial charge in [0, 0.05) is 15.5 Å². The maximum Gasteiger partial charge on any atom is 0.185 e. The molecule has 0 aliphatic heterocycles. The monoisotopic (exact) mass is 310 g/mol. The van der Waals surface area contributed by atoms with Crippen LogP contribution in [0.25, 0.3) is 0 Å². The summed E-state index contributed by atoms with van der Waals surface area (Å²) in [6, 6.07) is 14.5. The second-order valence-electron chi connectivity index (χ2n) is 4.01. The van der Waals surface area contributed by atoms with Crippen molar-refractivity contribution in [3.63, 3.8) is 0 Å². The fourth-order valence-corrected chi connectivity index (χ4v) is 2.49. The molecule has 1 atom stereocenters. The summed E-state index contributed by atoms with van der Waals surface area (Å²) in [5.74, 6) is -0.116. The number of Topliss-reactive ketones (excluding diaryl/α,β-unsaturated/α-hetero) is 1. The van der Waals surface area contributed by atoms with E-state index in [0.717, 1.165) is 10.5 Å². The summed E-state index contributed by atoms with van der Waals surface area (Å²) in [5.41, 5.74) is 1.37. The van der Waals surface area contributed by atoms with E-state index in [1.54, 1.807) is 36.0 Å². The smallest absolute Gasteiger partial charge is 0.185 e. The third-order valence-corrected chi connectivity index (χ3v) is 4.21. The fourth-order valence-electron chi connectivity index (χ4n) is 1.68. The van der Waals surface area contributed by atoms with Gasteiger partial charge in [-0.15, -0.1) is 23.4 Å². The second kappa shape index (κ2) is 6.47. The summed E-state index contributed by atoms with van der Waals surface area (Å²) in [6.07, 6.45) is 2.01. The summed E-state index contributed by atoms with van der Waals surface area (Å²) < 4.78 is 0. The van der Waals surface area contributed by atoms with Gasteiger partial charge in [-0.3, -0.25) is 4.79 Å². The molecule has 0 amide bonds. The summed E-state index contributed by atoms with van der Waals surface area (Å²) in [5, 5.41) is -0.0657. The number of carbonyl (C=O) groups excluding carboxylic acids is 1. The SMILES string of the molecule is CSc1ccc(C(Cl)C(=O)c2ccc(Cl)cc2)cc1. The molecule has 0 saturated heterocycles. The molecule has 0 aromatic heterocycles. The molecular weight excluding hydrogens is 299 g/mol. The van der Waals surface area contributed by atoms with E-state index in [9.17, 15) is 4.79 Å². The molecule has 2 aromatic rings. The van der Waals surface area contributed by atoms with Gasteiger partial charge in [-0.1, -0.05) is 23.7 Å². The highest BCUT2D eigenvalue weighted by Crippen LogP contribution is 2.27. The molecule has 1 unspecified atom stereocenters. The van der Waals surface area contributed by atoms with Crippen LogP contribution < -0.4 is 0 Å². The van der Waals surface area contributed by atoms with Crippen LogP contribution in [0.1, 0.15) is 21.3 Å². The zero-order valence-electron chi connectivity index (χ0n) is 10.3.